The average Bonchev–Trinajstić information content (AvgIpc) is 3.24. The normalized spacial score (nSPS) is 13.6. The van der Waals surface area contributed by atoms with E-state index in [1.54, 1.807) is 23.1 Å². The summed E-state index contributed by atoms with van der Waals surface area (Å²) in [5.74, 6) is 3.49. The van der Waals surface area contributed by atoms with Crippen molar-refractivity contribution < 1.29 is 9.53 Å². The number of hydrogen-bond donors (Lipinski definition) is 1. The number of hydrogen-bond acceptors (Lipinski definition) is 3. The van der Waals surface area contributed by atoms with Gasteiger partial charge in [-0.05, 0) is 37.8 Å². The predicted octanol–water partition coefficient (Wildman–Crippen LogP) is 2.15. The molecule has 1 aliphatic carbocycles. The van der Waals surface area contributed by atoms with Crippen LogP contribution in [0.2, 0.25) is 0 Å². The number of terminal acetylenes is 1. The van der Waals surface area contributed by atoms with Crippen molar-refractivity contribution in [2.75, 3.05) is 25.4 Å². The first kappa shape index (κ1) is 14.3. The Morgan fingerprint density at radius 3 is 2.90 bits per heavy atom. The summed E-state index contributed by atoms with van der Waals surface area (Å²) in [5, 5.41) is 0. The molecule has 0 saturated heterocycles. The summed E-state index contributed by atoms with van der Waals surface area (Å²) in [6.07, 6.45) is 7.71. The lowest BCUT2D eigenvalue weighted by Crippen LogP contribution is -2.33. The van der Waals surface area contributed by atoms with Crippen molar-refractivity contribution in [1.82, 2.24) is 4.90 Å². The minimum atomic E-state index is -0.106. The molecule has 2 rings (SSSR count). The highest BCUT2D eigenvalue weighted by atomic mass is 16.5. The number of nitrogens with zero attached hydrogens (tertiary/aromatic N) is 1. The number of benzene rings is 1. The standard InChI is InChI=1S/C16H20N2O2/c1-3-10-18(11-12-8-9-12)16(19)13-6-5-7-14(17)15(13)20-4-2/h1,5-7,12H,4,8-11,17H2,2H3. The van der Waals surface area contributed by atoms with Gasteiger partial charge >= 0.3 is 0 Å². The average molecular weight is 272 g/mol. The van der Waals surface area contributed by atoms with Crippen LogP contribution in [-0.4, -0.2) is 30.5 Å². The van der Waals surface area contributed by atoms with E-state index in [9.17, 15) is 4.79 Å². The number of anilines is 1. The fourth-order valence-electron chi connectivity index (χ4n) is 2.14. The van der Waals surface area contributed by atoms with Gasteiger partial charge in [0.05, 0.1) is 24.4 Å². The maximum absolute atomic E-state index is 12.6. The highest BCUT2D eigenvalue weighted by molar-refractivity contribution is 5.98. The zero-order valence-corrected chi connectivity index (χ0v) is 11.8. The van der Waals surface area contributed by atoms with Crippen LogP contribution < -0.4 is 10.5 Å². The Labute approximate surface area is 119 Å². The van der Waals surface area contributed by atoms with Crippen LogP contribution in [0, 0.1) is 18.3 Å². The van der Waals surface area contributed by atoms with Crippen LogP contribution in [0.25, 0.3) is 0 Å². The number of carbonyl (C=O) groups excluding carboxylic acids is 1. The second-order valence-electron chi connectivity index (χ2n) is 4.99. The van der Waals surface area contributed by atoms with Gasteiger partial charge in [-0.15, -0.1) is 6.42 Å². The molecule has 1 aliphatic rings. The van der Waals surface area contributed by atoms with E-state index in [2.05, 4.69) is 5.92 Å². The summed E-state index contributed by atoms with van der Waals surface area (Å²) in [6.45, 7) is 3.36. The number of para-hydroxylation sites is 1. The van der Waals surface area contributed by atoms with E-state index in [1.807, 2.05) is 6.92 Å². The maximum Gasteiger partial charge on any atom is 0.258 e. The lowest BCUT2D eigenvalue weighted by molar-refractivity contribution is 0.0765. The van der Waals surface area contributed by atoms with E-state index < -0.39 is 0 Å². The topological polar surface area (TPSA) is 55.6 Å². The van der Waals surface area contributed by atoms with Crippen LogP contribution >= 0.6 is 0 Å². The summed E-state index contributed by atoms with van der Waals surface area (Å²) >= 11 is 0. The van der Waals surface area contributed by atoms with Gasteiger partial charge in [0, 0.05) is 6.54 Å². The quantitative estimate of drug-likeness (QED) is 0.637. The molecule has 0 heterocycles. The fraction of sp³-hybridized carbons (Fsp3) is 0.438. The van der Waals surface area contributed by atoms with Gasteiger partial charge in [0.2, 0.25) is 0 Å². The van der Waals surface area contributed by atoms with Crippen molar-refractivity contribution in [1.29, 1.82) is 0 Å². The molecule has 2 N–H and O–H groups in total. The Morgan fingerprint density at radius 2 is 2.30 bits per heavy atom. The van der Waals surface area contributed by atoms with Gasteiger partial charge in [0.1, 0.15) is 0 Å². The highest BCUT2D eigenvalue weighted by Crippen LogP contribution is 2.32. The molecule has 4 nitrogen and oxygen atoms in total. The smallest absolute Gasteiger partial charge is 0.258 e. The molecule has 0 spiro atoms. The van der Waals surface area contributed by atoms with E-state index in [1.165, 1.54) is 12.8 Å². The third-order valence-corrected chi connectivity index (χ3v) is 3.31. The molecule has 1 saturated carbocycles. The molecule has 0 aromatic heterocycles. The van der Waals surface area contributed by atoms with E-state index in [0.29, 0.717) is 42.6 Å². The maximum atomic E-state index is 12.6. The summed E-state index contributed by atoms with van der Waals surface area (Å²) in [7, 11) is 0. The van der Waals surface area contributed by atoms with Gasteiger partial charge in [-0.25, -0.2) is 0 Å². The monoisotopic (exact) mass is 272 g/mol. The van der Waals surface area contributed by atoms with E-state index >= 15 is 0 Å². The number of carbonyl (C=O) groups is 1. The minimum absolute atomic E-state index is 0.106. The summed E-state index contributed by atoms with van der Waals surface area (Å²) in [5.41, 5.74) is 6.86. The van der Waals surface area contributed by atoms with Crippen LogP contribution in [0.3, 0.4) is 0 Å². The van der Waals surface area contributed by atoms with Crippen LogP contribution in [0.5, 0.6) is 5.75 Å². The van der Waals surface area contributed by atoms with Gasteiger partial charge < -0.3 is 15.4 Å². The molecule has 0 bridgehead atoms. The van der Waals surface area contributed by atoms with E-state index in [-0.39, 0.29) is 5.91 Å². The van der Waals surface area contributed by atoms with Gasteiger partial charge in [-0.3, -0.25) is 4.79 Å². The molecule has 4 heteroatoms. The molecule has 1 amide bonds. The van der Waals surface area contributed by atoms with Gasteiger partial charge in [-0.2, -0.15) is 0 Å². The molecule has 1 fully saturated rings. The zero-order chi connectivity index (χ0) is 14.5. The lowest BCUT2D eigenvalue weighted by atomic mass is 10.1. The Morgan fingerprint density at radius 1 is 1.55 bits per heavy atom. The van der Waals surface area contributed by atoms with E-state index in [0.717, 1.165) is 0 Å². The molecule has 106 valence electrons. The predicted molar refractivity (Wildman–Crippen MR) is 79.5 cm³/mol. The van der Waals surface area contributed by atoms with Gasteiger partial charge in [0.15, 0.2) is 5.75 Å². The van der Waals surface area contributed by atoms with E-state index in [4.69, 9.17) is 16.9 Å². The van der Waals surface area contributed by atoms with Crippen LogP contribution in [0.1, 0.15) is 30.1 Å². The molecule has 0 atom stereocenters. The van der Waals surface area contributed by atoms with Crippen molar-refractivity contribution in [3.8, 4) is 18.1 Å². The summed E-state index contributed by atoms with van der Waals surface area (Å²) in [4.78, 5) is 14.3. The second-order valence-corrected chi connectivity index (χ2v) is 4.99. The molecular formula is C16H20N2O2. The number of nitrogens with two attached hydrogens (primary N) is 1. The Balaban J connectivity index is 2.25. The summed E-state index contributed by atoms with van der Waals surface area (Å²) < 4.78 is 5.51. The van der Waals surface area contributed by atoms with Crippen molar-refractivity contribution in [2.24, 2.45) is 5.92 Å². The molecule has 0 unspecified atom stereocenters. The Kier molecular flexibility index (Phi) is 4.52. The van der Waals surface area contributed by atoms with Crippen LogP contribution in [-0.2, 0) is 0 Å². The third-order valence-electron chi connectivity index (χ3n) is 3.31. The molecule has 1 aromatic rings. The van der Waals surface area contributed by atoms with Crippen molar-refractivity contribution in [3.05, 3.63) is 23.8 Å². The van der Waals surface area contributed by atoms with Crippen LogP contribution in [0.4, 0.5) is 5.69 Å². The Bertz CT molecular complexity index is 530. The summed E-state index contributed by atoms with van der Waals surface area (Å²) in [6, 6.07) is 5.23. The molecule has 20 heavy (non-hydrogen) atoms. The zero-order valence-electron chi connectivity index (χ0n) is 11.8. The number of amides is 1. The highest BCUT2D eigenvalue weighted by Gasteiger charge is 2.28. The minimum Gasteiger partial charge on any atom is -0.491 e. The van der Waals surface area contributed by atoms with Gasteiger partial charge in [0.25, 0.3) is 5.91 Å². The van der Waals surface area contributed by atoms with Crippen LogP contribution in [0.15, 0.2) is 18.2 Å². The van der Waals surface area contributed by atoms with Crippen molar-refractivity contribution in [3.63, 3.8) is 0 Å². The second kappa shape index (κ2) is 6.33. The molecule has 1 aromatic carbocycles. The number of ether oxygens (including phenoxy) is 1. The largest absolute Gasteiger partial charge is 0.491 e. The number of rotatable bonds is 6. The fourth-order valence-corrected chi connectivity index (χ4v) is 2.14. The SMILES string of the molecule is C#CCN(CC1CC1)C(=O)c1cccc(N)c1OCC. The first-order valence-corrected chi connectivity index (χ1v) is 6.91. The first-order chi connectivity index (χ1) is 9.67. The van der Waals surface area contributed by atoms with Gasteiger partial charge in [-0.1, -0.05) is 12.0 Å². The number of nitrogen functional groups attached to an aromatic ring is 1. The Hall–Kier alpha value is -2.15. The lowest BCUT2D eigenvalue weighted by Gasteiger charge is -2.22. The third kappa shape index (κ3) is 3.24. The van der Waals surface area contributed by atoms with Crippen molar-refractivity contribution in [2.45, 2.75) is 19.8 Å². The molecule has 0 radical (unpaired) electrons. The molecule has 0 aliphatic heterocycles. The first-order valence-electron chi connectivity index (χ1n) is 6.91. The molecular weight excluding hydrogens is 252 g/mol. The van der Waals surface area contributed by atoms with Crippen molar-refractivity contribution >= 4 is 11.6 Å².